The van der Waals surface area contributed by atoms with Crippen LogP contribution in [0.15, 0.2) is 35.7 Å². The third-order valence-electron chi connectivity index (χ3n) is 2.58. The van der Waals surface area contributed by atoms with E-state index < -0.39 is 4.92 Å². The van der Waals surface area contributed by atoms with Crippen LogP contribution in [0.2, 0.25) is 0 Å². The fourth-order valence-electron chi connectivity index (χ4n) is 1.53. The summed E-state index contributed by atoms with van der Waals surface area (Å²) < 4.78 is 0. The fourth-order valence-corrected chi connectivity index (χ4v) is 1.53. The predicted molar refractivity (Wildman–Crippen MR) is 76.3 cm³/mol. The third-order valence-corrected chi connectivity index (χ3v) is 2.58. The summed E-state index contributed by atoms with van der Waals surface area (Å²) >= 11 is 0. The zero-order valence-electron chi connectivity index (χ0n) is 11.0. The van der Waals surface area contributed by atoms with E-state index in [0.29, 0.717) is 5.56 Å². The molecule has 21 heavy (non-hydrogen) atoms. The van der Waals surface area contributed by atoms with E-state index in [-0.39, 0.29) is 23.1 Å². The van der Waals surface area contributed by atoms with Crippen molar-refractivity contribution in [3.8, 4) is 0 Å². The summed E-state index contributed by atoms with van der Waals surface area (Å²) in [5.74, 6) is -0.0342. The Bertz CT molecular complexity index is 677. The molecule has 3 N–H and O–H groups in total. The van der Waals surface area contributed by atoms with Crippen LogP contribution in [-0.4, -0.2) is 34.1 Å². The topological polar surface area (TPSA) is 125 Å². The van der Waals surface area contributed by atoms with Gasteiger partial charge in [-0.3, -0.25) is 20.3 Å². The number of H-pyrrole nitrogens is 1. The lowest BCUT2D eigenvalue weighted by Gasteiger charge is -2.00. The lowest BCUT2D eigenvalue weighted by Crippen LogP contribution is -2.19. The minimum Gasteiger partial charge on any atom is -0.354 e. The van der Waals surface area contributed by atoms with Gasteiger partial charge in [-0.2, -0.15) is 5.10 Å². The Morgan fingerprint density at radius 3 is 2.76 bits per heavy atom. The number of hydrogen-bond acceptors (Lipinski definition) is 6. The molecule has 9 nitrogen and oxygen atoms in total. The highest BCUT2D eigenvalue weighted by Crippen LogP contribution is 2.11. The molecule has 0 saturated heterocycles. The Morgan fingerprint density at radius 1 is 1.43 bits per heavy atom. The Balaban J connectivity index is 2.04. The second-order valence-electron chi connectivity index (χ2n) is 3.92. The van der Waals surface area contributed by atoms with E-state index in [0.717, 1.165) is 0 Å². The molecule has 9 heteroatoms. The van der Waals surface area contributed by atoms with Gasteiger partial charge in [0.2, 0.25) is 0 Å². The maximum atomic E-state index is 11.5. The number of nitrogens with one attached hydrogen (secondary N) is 3. The van der Waals surface area contributed by atoms with Gasteiger partial charge in [0.1, 0.15) is 5.69 Å². The first-order valence-corrected chi connectivity index (χ1v) is 5.91. The Kier molecular flexibility index (Phi) is 4.24. The van der Waals surface area contributed by atoms with E-state index in [4.69, 9.17) is 0 Å². The first-order chi connectivity index (χ1) is 10.1. The van der Waals surface area contributed by atoms with Crippen molar-refractivity contribution in [2.75, 3.05) is 12.5 Å². The normalized spacial score (nSPS) is 10.5. The minimum atomic E-state index is -0.474. The molecule has 0 aliphatic rings. The van der Waals surface area contributed by atoms with Crippen molar-refractivity contribution in [3.05, 3.63) is 52.0 Å². The van der Waals surface area contributed by atoms with Crippen molar-refractivity contribution >= 4 is 23.6 Å². The van der Waals surface area contributed by atoms with Gasteiger partial charge in [-0.15, -0.1) is 0 Å². The van der Waals surface area contributed by atoms with E-state index in [9.17, 15) is 14.9 Å². The summed E-state index contributed by atoms with van der Waals surface area (Å²) in [6.07, 6.45) is 2.83. The van der Waals surface area contributed by atoms with Crippen molar-refractivity contribution in [2.45, 2.75) is 0 Å². The number of aromatic nitrogens is 2. The average molecular weight is 288 g/mol. The van der Waals surface area contributed by atoms with Crippen LogP contribution in [0.1, 0.15) is 16.1 Å². The first-order valence-electron chi connectivity index (χ1n) is 5.91. The molecule has 0 aliphatic carbocycles. The molecule has 108 valence electrons. The summed E-state index contributed by atoms with van der Waals surface area (Å²) in [5.41, 5.74) is 3.57. The lowest BCUT2D eigenvalue weighted by molar-refractivity contribution is -0.384. The summed E-state index contributed by atoms with van der Waals surface area (Å²) in [4.78, 5) is 28.2. The maximum absolute atomic E-state index is 11.5. The number of aromatic amines is 1. The molecule has 0 unspecified atom stereocenters. The van der Waals surface area contributed by atoms with Crippen molar-refractivity contribution in [1.82, 2.24) is 15.3 Å². The van der Waals surface area contributed by atoms with Gasteiger partial charge in [-0.05, 0) is 17.7 Å². The zero-order valence-corrected chi connectivity index (χ0v) is 11.0. The standard InChI is InChI=1S/C12H12N6O3/c1-13-12(19)10-11(15-7-14-10)17-16-6-8-2-4-9(5-3-8)18(20)21/h2-7,17H,1H3,(H,13,19)(H,14,15)/b16-6-. The Hall–Kier alpha value is -3.23. The highest BCUT2D eigenvalue weighted by atomic mass is 16.6. The minimum absolute atomic E-state index is 0.00862. The molecule has 2 aromatic rings. The SMILES string of the molecule is CNC(=O)c1[nH]cnc1N/N=C\c1ccc([N+](=O)[O-])cc1. The van der Waals surface area contributed by atoms with Crippen molar-refractivity contribution in [3.63, 3.8) is 0 Å². The van der Waals surface area contributed by atoms with Gasteiger partial charge in [0.15, 0.2) is 5.82 Å². The third kappa shape index (κ3) is 3.41. The second kappa shape index (κ2) is 6.28. The van der Waals surface area contributed by atoms with Crippen LogP contribution in [0.3, 0.4) is 0 Å². The van der Waals surface area contributed by atoms with E-state index in [1.807, 2.05) is 0 Å². The van der Waals surface area contributed by atoms with Crippen LogP contribution < -0.4 is 10.7 Å². The second-order valence-corrected chi connectivity index (χ2v) is 3.92. The van der Waals surface area contributed by atoms with Gasteiger partial charge in [0, 0.05) is 19.2 Å². The van der Waals surface area contributed by atoms with Gasteiger partial charge in [0.05, 0.1) is 17.5 Å². The average Bonchev–Trinajstić information content (AvgIpc) is 2.95. The van der Waals surface area contributed by atoms with E-state index in [2.05, 4.69) is 25.8 Å². The Labute approximate surface area is 119 Å². The predicted octanol–water partition coefficient (Wildman–Crippen LogP) is 1.12. The summed E-state index contributed by atoms with van der Waals surface area (Å²) in [6, 6.07) is 5.89. The summed E-state index contributed by atoms with van der Waals surface area (Å²) in [5, 5.41) is 16.9. The largest absolute Gasteiger partial charge is 0.354 e. The molecule has 0 bridgehead atoms. The number of hydrazone groups is 1. The number of rotatable bonds is 5. The lowest BCUT2D eigenvalue weighted by atomic mass is 10.2. The number of benzene rings is 1. The molecule has 0 aliphatic heterocycles. The monoisotopic (exact) mass is 288 g/mol. The highest BCUT2D eigenvalue weighted by molar-refractivity contribution is 5.96. The van der Waals surface area contributed by atoms with Crippen molar-refractivity contribution in [1.29, 1.82) is 0 Å². The van der Waals surface area contributed by atoms with Crippen molar-refractivity contribution < 1.29 is 9.72 Å². The highest BCUT2D eigenvalue weighted by Gasteiger charge is 2.11. The molecule has 0 radical (unpaired) electrons. The molecule has 0 fully saturated rings. The Morgan fingerprint density at radius 2 is 2.14 bits per heavy atom. The smallest absolute Gasteiger partial charge is 0.271 e. The van der Waals surface area contributed by atoms with Crippen LogP contribution >= 0.6 is 0 Å². The van der Waals surface area contributed by atoms with Crippen molar-refractivity contribution in [2.24, 2.45) is 5.10 Å². The molecule has 1 amide bonds. The fraction of sp³-hybridized carbons (Fsp3) is 0.0833. The number of carbonyl (C=O) groups excluding carboxylic acids is 1. The number of non-ortho nitro benzene ring substituents is 1. The molecule has 0 spiro atoms. The van der Waals surface area contributed by atoms with Crippen LogP contribution in [0.25, 0.3) is 0 Å². The molecule has 0 saturated carbocycles. The molecule has 1 heterocycles. The zero-order chi connectivity index (χ0) is 15.2. The number of nitro groups is 1. The van der Waals surface area contributed by atoms with Crippen LogP contribution in [0, 0.1) is 10.1 Å². The van der Waals surface area contributed by atoms with Gasteiger partial charge in [-0.25, -0.2) is 4.98 Å². The van der Waals surface area contributed by atoms with Crippen LogP contribution in [0.4, 0.5) is 11.5 Å². The van der Waals surface area contributed by atoms with Gasteiger partial charge in [0.25, 0.3) is 11.6 Å². The van der Waals surface area contributed by atoms with E-state index in [1.54, 1.807) is 12.1 Å². The quantitative estimate of drug-likeness (QED) is 0.432. The van der Waals surface area contributed by atoms with E-state index >= 15 is 0 Å². The number of carbonyl (C=O) groups is 1. The number of amides is 1. The molecular weight excluding hydrogens is 276 g/mol. The number of anilines is 1. The molecule has 1 aromatic heterocycles. The maximum Gasteiger partial charge on any atom is 0.271 e. The number of nitrogens with zero attached hydrogens (tertiary/aromatic N) is 3. The van der Waals surface area contributed by atoms with Crippen LogP contribution in [-0.2, 0) is 0 Å². The first kappa shape index (κ1) is 14.2. The summed E-state index contributed by atoms with van der Waals surface area (Å²) in [7, 11) is 1.51. The summed E-state index contributed by atoms with van der Waals surface area (Å²) in [6.45, 7) is 0. The van der Waals surface area contributed by atoms with E-state index in [1.165, 1.54) is 31.7 Å². The number of nitro benzene ring substituents is 1. The number of hydrogen-bond donors (Lipinski definition) is 3. The molecule has 0 atom stereocenters. The van der Waals surface area contributed by atoms with Gasteiger partial charge < -0.3 is 10.3 Å². The molecule has 1 aromatic carbocycles. The van der Waals surface area contributed by atoms with Crippen LogP contribution in [0.5, 0.6) is 0 Å². The number of imidazole rings is 1. The van der Waals surface area contributed by atoms with Gasteiger partial charge >= 0.3 is 0 Å². The molecular formula is C12H12N6O3. The molecule has 2 rings (SSSR count). The van der Waals surface area contributed by atoms with Gasteiger partial charge in [-0.1, -0.05) is 0 Å².